The van der Waals surface area contributed by atoms with Crippen LogP contribution in [0.1, 0.15) is 34.1 Å². The molecule has 3 aromatic rings. The zero-order chi connectivity index (χ0) is 18.0. The van der Waals surface area contributed by atoms with Crippen LogP contribution in [0.5, 0.6) is 0 Å². The topological polar surface area (TPSA) is 68.3 Å². The van der Waals surface area contributed by atoms with E-state index < -0.39 is 5.97 Å². The van der Waals surface area contributed by atoms with Crippen LogP contribution in [-0.2, 0) is 4.74 Å². The third-order valence-corrected chi connectivity index (χ3v) is 3.81. The number of fused-ring (bicyclic) bond motifs is 1. The number of pyridine rings is 1. The summed E-state index contributed by atoms with van der Waals surface area (Å²) in [6.45, 7) is 8.01. The Kier molecular flexibility index (Phi) is 4.61. The van der Waals surface area contributed by atoms with Crippen molar-refractivity contribution in [2.75, 3.05) is 6.61 Å². The van der Waals surface area contributed by atoms with Crippen molar-refractivity contribution in [3.63, 3.8) is 0 Å². The molecule has 6 nitrogen and oxygen atoms in total. The number of hydrogen-bond acceptors (Lipinski definition) is 5. The summed E-state index contributed by atoms with van der Waals surface area (Å²) < 4.78 is 6.86. The van der Waals surface area contributed by atoms with Crippen LogP contribution in [0.25, 0.3) is 5.65 Å². The Hall–Kier alpha value is -3.02. The van der Waals surface area contributed by atoms with Gasteiger partial charge in [-0.3, -0.25) is 4.40 Å². The van der Waals surface area contributed by atoms with E-state index in [2.05, 4.69) is 15.2 Å². The van der Waals surface area contributed by atoms with Gasteiger partial charge in [-0.05, 0) is 51.0 Å². The van der Waals surface area contributed by atoms with Gasteiger partial charge in [-0.2, -0.15) is 0 Å². The van der Waals surface area contributed by atoms with Gasteiger partial charge in [0, 0.05) is 6.20 Å². The second-order valence-corrected chi connectivity index (χ2v) is 5.93. The van der Waals surface area contributed by atoms with E-state index in [9.17, 15) is 4.79 Å². The summed E-state index contributed by atoms with van der Waals surface area (Å²) in [5.74, 6) is -0.129. The third kappa shape index (κ3) is 3.42. The summed E-state index contributed by atoms with van der Waals surface area (Å²) in [6, 6.07) is 9.70. The van der Waals surface area contributed by atoms with E-state index in [-0.39, 0.29) is 12.3 Å². The molecule has 25 heavy (non-hydrogen) atoms. The van der Waals surface area contributed by atoms with Crippen LogP contribution in [-0.4, -0.2) is 22.0 Å². The summed E-state index contributed by atoms with van der Waals surface area (Å²) in [7, 11) is 0. The quantitative estimate of drug-likeness (QED) is 0.505. The highest BCUT2D eigenvalue weighted by atomic mass is 16.5. The summed E-state index contributed by atoms with van der Waals surface area (Å²) in [5.41, 5.74) is 4.76. The molecule has 0 aliphatic rings. The fraction of sp³-hybridized carbons (Fsp3) is 0.263. The number of esters is 1. The average Bonchev–Trinajstić information content (AvgIpc) is 2.92. The van der Waals surface area contributed by atoms with E-state index in [4.69, 9.17) is 4.74 Å². The van der Waals surface area contributed by atoms with E-state index in [0.717, 1.165) is 22.4 Å². The largest absolute Gasteiger partial charge is 0.461 e. The number of benzene rings is 1. The molecule has 0 unspecified atom stereocenters. The van der Waals surface area contributed by atoms with Crippen LogP contribution in [0, 0.1) is 20.8 Å². The molecule has 6 heteroatoms. The molecule has 0 saturated heterocycles. The first kappa shape index (κ1) is 16.8. The van der Waals surface area contributed by atoms with Crippen molar-refractivity contribution in [3.05, 3.63) is 58.9 Å². The summed E-state index contributed by atoms with van der Waals surface area (Å²) in [4.78, 5) is 16.6. The van der Waals surface area contributed by atoms with Crippen molar-refractivity contribution in [1.82, 2.24) is 9.38 Å². The van der Waals surface area contributed by atoms with Gasteiger partial charge in [0.25, 0.3) is 0 Å². The van der Waals surface area contributed by atoms with E-state index in [1.165, 1.54) is 0 Å². The maximum atomic E-state index is 12.2. The van der Waals surface area contributed by atoms with Gasteiger partial charge in [0.15, 0.2) is 11.5 Å². The molecule has 0 bridgehead atoms. The molecule has 0 aliphatic heterocycles. The molecule has 0 aliphatic carbocycles. The number of carbonyl (C=O) groups excluding carboxylic acids is 1. The molecule has 3 rings (SSSR count). The molecule has 2 aromatic heterocycles. The molecular weight excluding hydrogens is 316 g/mol. The lowest BCUT2D eigenvalue weighted by Gasteiger charge is -2.02. The Morgan fingerprint density at radius 2 is 1.88 bits per heavy atom. The molecule has 0 N–H and O–H groups in total. The van der Waals surface area contributed by atoms with Crippen molar-refractivity contribution < 1.29 is 9.53 Å². The molecule has 0 atom stereocenters. The maximum absolute atomic E-state index is 12.2. The molecule has 1 aromatic carbocycles. The highest BCUT2D eigenvalue weighted by Gasteiger charge is 2.20. The normalized spacial score (nSPS) is 11.4. The Labute approximate surface area is 146 Å². The molecule has 0 saturated carbocycles. The zero-order valence-corrected chi connectivity index (χ0v) is 14.8. The molecule has 0 amide bonds. The number of hydrogen-bond donors (Lipinski definition) is 0. The minimum atomic E-state index is -0.501. The fourth-order valence-corrected chi connectivity index (χ4v) is 2.59. The monoisotopic (exact) mass is 336 g/mol. The fourth-order valence-electron chi connectivity index (χ4n) is 2.59. The lowest BCUT2D eigenvalue weighted by atomic mass is 10.1. The minimum Gasteiger partial charge on any atom is -0.461 e. The predicted molar refractivity (Wildman–Crippen MR) is 96.0 cm³/mol. The number of aryl methyl sites for hydroxylation is 3. The number of nitrogens with zero attached hydrogens (tertiary/aromatic N) is 4. The Balaban J connectivity index is 2.12. The Morgan fingerprint density at radius 1 is 1.12 bits per heavy atom. The van der Waals surface area contributed by atoms with Gasteiger partial charge in [0.05, 0.1) is 12.3 Å². The van der Waals surface area contributed by atoms with Crippen molar-refractivity contribution in [1.29, 1.82) is 0 Å². The van der Waals surface area contributed by atoms with Gasteiger partial charge in [0.1, 0.15) is 5.65 Å². The van der Waals surface area contributed by atoms with E-state index >= 15 is 0 Å². The third-order valence-electron chi connectivity index (χ3n) is 3.81. The zero-order valence-electron chi connectivity index (χ0n) is 14.8. The van der Waals surface area contributed by atoms with Crippen LogP contribution in [0.3, 0.4) is 0 Å². The summed E-state index contributed by atoms with van der Waals surface area (Å²) in [5, 5.41) is 8.65. The first-order valence-electron chi connectivity index (χ1n) is 8.14. The predicted octanol–water partition coefficient (Wildman–Crippen LogP) is 4.85. The van der Waals surface area contributed by atoms with Gasteiger partial charge in [-0.25, -0.2) is 9.78 Å². The molecule has 0 spiro atoms. The maximum Gasteiger partial charge on any atom is 0.360 e. The molecule has 0 radical (unpaired) electrons. The highest BCUT2D eigenvalue weighted by Crippen LogP contribution is 2.27. The van der Waals surface area contributed by atoms with E-state index in [1.807, 2.05) is 57.3 Å². The van der Waals surface area contributed by atoms with E-state index in [1.54, 1.807) is 11.3 Å². The van der Waals surface area contributed by atoms with Crippen molar-refractivity contribution >= 4 is 23.1 Å². The number of azo groups is 1. The molecule has 128 valence electrons. The van der Waals surface area contributed by atoms with Crippen molar-refractivity contribution in [2.24, 2.45) is 10.2 Å². The lowest BCUT2D eigenvalue weighted by molar-refractivity contribution is 0.0521. The standard InChI is InChI=1S/C19H20N4O2/c1-5-25-19(24)17-18(23-11-13(3)7-9-16(23)20-17)22-21-15-8-6-12(2)10-14(15)4/h6-11H,5H2,1-4H3. The average molecular weight is 336 g/mol. The van der Waals surface area contributed by atoms with Gasteiger partial charge in [-0.1, -0.05) is 23.8 Å². The number of carbonyl (C=O) groups is 1. The van der Waals surface area contributed by atoms with Gasteiger partial charge in [0.2, 0.25) is 0 Å². The lowest BCUT2D eigenvalue weighted by Crippen LogP contribution is -2.05. The molecular formula is C19H20N4O2. The smallest absolute Gasteiger partial charge is 0.360 e. The van der Waals surface area contributed by atoms with E-state index in [0.29, 0.717) is 11.5 Å². The first-order chi connectivity index (χ1) is 12.0. The number of rotatable bonds is 4. The SMILES string of the molecule is CCOC(=O)c1nc2ccc(C)cn2c1N=Nc1ccc(C)cc1C. The number of imidazole rings is 1. The van der Waals surface area contributed by atoms with Gasteiger partial charge >= 0.3 is 5.97 Å². The Bertz CT molecular complexity index is 973. The minimum absolute atomic E-state index is 0.168. The number of aromatic nitrogens is 2. The second-order valence-electron chi connectivity index (χ2n) is 5.93. The second kappa shape index (κ2) is 6.84. The van der Waals surface area contributed by atoms with Crippen molar-refractivity contribution in [2.45, 2.75) is 27.7 Å². The Morgan fingerprint density at radius 3 is 2.60 bits per heavy atom. The van der Waals surface area contributed by atoms with Crippen molar-refractivity contribution in [3.8, 4) is 0 Å². The molecule has 0 fully saturated rings. The molecule has 2 heterocycles. The van der Waals surface area contributed by atoms with Crippen LogP contribution in [0.2, 0.25) is 0 Å². The highest BCUT2D eigenvalue weighted by molar-refractivity contribution is 5.93. The van der Waals surface area contributed by atoms with Crippen LogP contribution in [0.4, 0.5) is 11.5 Å². The van der Waals surface area contributed by atoms with Crippen LogP contribution < -0.4 is 0 Å². The van der Waals surface area contributed by atoms with Gasteiger partial charge < -0.3 is 4.74 Å². The summed E-state index contributed by atoms with van der Waals surface area (Å²) >= 11 is 0. The van der Waals surface area contributed by atoms with Crippen LogP contribution >= 0.6 is 0 Å². The van der Waals surface area contributed by atoms with Crippen LogP contribution in [0.15, 0.2) is 46.8 Å². The summed E-state index contributed by atoms with van der Waals surface area (Å²) in [6.07, 6.45) is 1.88. The van der Waals surface area contributed by atoms with Gasteiger partial charge in [-0.15, -0.1) is 10.2 Å². The first-order valence-corrected chi connectivity index (χ1v) is 8.14. The number of ether oxygens (including phenoxy) is 1.